The number of carbonyl (C=O) groups is 1. The topological polar surface area (TPSA) is 60.0 Å². The summed E-state index contributed by atoms with van der Waals surface area (Å²) in [5.74, 6) is 1.17. The molecule has 3 rings (SSSR count). The van der Waals surface area contributed by atoms with Crippen molar-refractivity contribution in [1.29, 1.82) is 0 Å². The van der Waals surface area contributed by atoms with Crippen molar-refractivity contribution in [1.82, 2.24) is 4.90 Å². The van der Waals surface area contributed by atoms with E-state index in [2.05, 4.69) is 5.32 Å². The first-order valence-electron chi connectivity index (χ1n) is 7.69. The lowest BCUT2D eigenvalue weighted by Crippen LogP contribution is -2.43. The molecule has 6 heteroatoms. The number of carbonyl (C=O) groups excluding carboxylic acids is 1. The van der Waals surface area contributed by atoms with E-state index in [4.69, 9.17) is 14.2 Å². The van der Waals surface area contributed by atoms with Crippen molar-refractivity contribution in [3.05, 3.63) is 24.3 Å². The fourth-order valence-corrected chi connectivity index (χ4v) is 2.90. The smallest absolute Gasteiger partial charge is 0.321 e. The summed E-state index contributed by atoms with van der Waals surface area (Å²) in [7, 11) is 1.62. The van der Waals surface area contributed by atoms with Crippen molar-refractivity contribution in [2.24, 2.45) is 5.92 Å². The summed E-state index contributed by atoms with van der Waals surface area (Å²) in [6, 6.07) is 7.28. The summed E-state index contributed by atoms with van der Waals surface area (Å²) >= 11 is 0. The van der Waals surface area contributed by atoms with Crippen LogP contribution in [0.4, 0.5) is 10.5 Å². The largest absolute Gasteiger partial charge is 0.497 e. The van der Waals surface area contributed by atoms with Crippen LogP contribution < -0.4 is 10.1 Å². The molecule has 0 unspecified atom stereocenters. The quantitative estimate of drug-likeness (QED) is 0.931. The molecule has 120 valence electrons. The molecule has 2 heterocycles. The molecule has 0 radical (unpaired) electrons. The van der Waals surface area contributed by atoms with Crippen LogP contribution in [-0.2, 0) is 9.47 Å². The van der Waals surface area contributed by atoms with Gasteiger partial charge in [0.15, 0.2) is 6.29 Å². The predicted octanol–water partition coefficient (Wildman–Crippen LogP) is 2.31. The van der Waals surface area contributed by atoms with Crippen molar-refractivity contribution in [3.63, 3.8) is 0 Å². The molecule has 0 saturated carbocycles. The zero-order valence-corrected chi connectivity index (χ0v) is 12.8. The lowest BCUT2D eigenvalue weighted by atomic mass is 9.96. The Kier molecular flexibility index (Phi) is 4.80. The van der Waals surface area contributed by atoms with Gasteiger partial charge in [-0.2, -0.15) is 0 Å². The van der Waals surface area contributed by atoms with Crippen LogP contribution in [0.1, 0.15) is 12.8 Å². The van der Waals surface area contributed by atoms with Gasteiger partial charge in [0.25, 0.3) is 0 Å². The number of anilines is 1. The lowest BCUT2D eigenvalue weighted by molar-refractivity contribution is -0.0950. The molecule has 0 spiro atoms. The molecule has 2 amide bonds. The summed E-state index contributed by atoms with van der Waals surface area (Å²) in [5.41, 5.74) is 0.774. The average molecular weight is 306 g/mol. The zero-order chi connectivity index (χ0) is 15.4. The van der Waals surface area contributed by atoms with E-state index in [1.807, 2.05) is 29.2 Å². The number of likely N-dealkylation sites (tertiary alicyclic amines) is 1. The molecule has 22 heavy (non-hydrogen) atoms. The molecular weight excluding hydrogens is 284 g/mol. The van der Waals surface area contributed by atoms with Gasteiger partial charge in [-0.15, -0.1) is 0 Å². The maximum atomic E-state index is 12.3. The standard InChI is InChI=1S/C16H22N2O4/c1-20-14-4-2-13(3-5-14)17-16(19)18-8-6-12(7-9-18)15-21-10-11-22-15/h2-5,12,15H,6-11H2,1H3,(H,17,19). The molecule has 2 fully saturated rings. The van der Waals surface area contributed by atoms with Crippen molar-refractivity contribution < 1.29 is 19.0 Å². The van der Waals surface area contributed by atoms with Crippen molar-refractivity contribution in [3.8, 4) is 5.75 Å². The van der Waals surface area contributed by atoms with Gasteiger partial charge in [-0.3, -0.25) is 0 Å². The number of urea groups is 1. The first kappa shape index (κ1) is 15.1. The highest BCUT2D eigenvalue weighted by molar-refractivity contribution is 5.89. The Morgan fingerprint density at radius 3 is 2.41 bits per heavy atom. The molecule has 1 N–H and O–H groups in total. The highest BCUT2D eigenvalue weighted by Gasteiger charge is 2.31. The number of ether oxygens (including phenoxy) is 3. The van der Waals surface area contributed by atoms with Crippen molar-refractivity contribution in [2.45, 2.75) is 19.1 Å². The second kappa shape index (κ2) is 6.98. The third-order valence-electron chi connectivity index (χ3n) is 4.20. The number of rotatable bonds is 3. The van der Waals surface area contributed by atoms with E-state index >= 15 is 0 Å². The van der Waals surface area contributed by atoms with Gasteiger partial charge in [-0.05, 0) is 37.1 Å². The van der Waals surface area contributed by atoms with Crippen LogP contribution in [0.5, 0.6) is 5.75 Å². The Morgan fingerprint density at radius 2 is 1.82 bits per heavy atom. The molecule has 0 bridgehead atoms. The van der Waals surface area contributed by atoms with Gasteiger partial charge in [-0.1, -0.05) is 0 Å². The molecule has 6 nitrogen and oxygen atoms in total. The van der Waals surface area contributed by atoms with E-state index < -0.39 is 0 Å². The van der Waals surface area contributed by atoms with Crippen LogP contribution in [0, 0.1) is 5.92 Å². The third-order valence-corrected chi connectivity index (χ3v) is 4.20. The van der Waals surface area contributed by atoms with E-state index in [0.29, 0.717) is 19.1 Å². The second-order valence-corrected chi connectivity index (χ2v) is 5.59. The minimum absolute atomic E-state index is 0.0584. The highest BCUT2D eigenvalue weighted by atomic mass is 16.7. The molecule has 0 aromatic heterocycles. The van der Waals surface area contributed by atoms with Crippen LogP contribution in [0.3, 0.4) is 0 Å². The summed E-state index contributed by atoms with van der Waals surface area (Å²) < 4.78 is 16.2. The van der Waals surface area contributed by atoms with Crippen molar-refractivity contribution in [2.75, 3.05) is 38.7 Å². The number of hydrogen-bond donors (Lipinski definition) is 1. The fraction of sp³-hybridized carbons (Fsp3) is 0.562. The van der Waals surface area contributed by atoms with Crippen LogP contribution in [0.2, 0.25) is 0 Å². The number of nitrogens with one attached hydrogen (secondary N) is 1. The molecule has 0 atom stereocenters. The number of benzene rings is 1. The SMILES string of the molecule is COc1ccc(NC(=O)N2CCC(C3OCCO3)CC2)cc1. The Morgan fingerprint density at radius 1 is 1.18 bits per heavy atom. The first-order chi connectivity index (χ1) is 10.8. The molecule has 1 aromatic carbocycles. The normalized spacial score (nSPS) is 20.1. The van der Waals surface area contributed by atoms with Crippen LogP contribution in [0.25, 0.3) is 0 Å². The van der Waals surface area contributed by atoms with Gasteiger partial charge < -0.3 is 24.4 Å². The average Bonchev–Trinajstić information content (AvgIpc) is 3.10. The Hall–Kier alpha value is -1.79. The number of amides is 2. The second-order valence-electron chi connectivity index (χ2n) is 5.59. The maximum absolute atomic E-state index is 12.3. The monoisotopic (exact) mass is 306 g/mol. The fourth-order valence-electron chi connectivity index (χ4n) is 2.90. The summed E-state index contributed by atoms with van der Waals surface area (Å²) in [4.78, 5) is 14.1. The summed E-state index contributed by atoms with van der Waals surface area (Å²) in [6.45, 7) is 2.83. The third kappa shape index (κ3) is 3.51. The Balaban J connectivity index is 1.48. The number of nitrogens with zero attached hydrogens (tertiary/aromatic N) is 1. The minimum atomic E-state index is -0.0770. The number of methoxy groups -OCH3 is 1. The van der Waals surface area contributed by atoms with Crippen LogP contribution >= 0.6 is 0 Å². The van der Waals surface area contributed by atoms with E-state index in [1.54, 1.807) is 7.11 Å². The molecule has 1 aromatic rings. The van der Waals surface area contributed by atoms with Gasteiger partial charge >= 0.3 is 6.03 Å². The zero-order valence-electron chi connectivity index (χ0n) is 12.8. The van der Waals surface area contributed by atoms with E-state index in [9.17, 15) is 4.79 Å². The van der Waals surface area contributed by atoms with E-state index in [0.717, 1.165) is 37.4 Å². The van der Waals surface area contributed by atoms with E-state index in [-0.39, 0.29) is 12.3 Å². The predicted molar refractivity (Wildman–Crippen MR) is 82.0 cm³/mol. The van der Waals surface area contributed by atoms with Crippen LogP contribution in [-0.4, -0.2) is 50.6 Å². The summed E-state index contributed by atoms with van der Waals surface area (Å²) in [6.07, 6.45) is 1.76. The van der Waals surface area contributed by atoms with Gasteiger partial charge in [0.2, 0.25) is 0 Å². The maximum Gasteiger partial charge on any atom is 0.321 e. The molecular formula is C16H22N2O4. The Bertz CT molecular complexity index is 491. The Labute approximate surface area is 130 Å². The van der Waals surface area contributed by atoms with Crippen molar-refractivity contribution >= 4 is 11.7 Å². The van der Waals surface area contributed by atoms with Crippen LogP contribution in [0.15, 0.2) is 24.3 Å². The lowest BCUT2D eigenvalue weighted by Gasteiger charge is -2.33. The molecule has 2 saturated heterocycles. The number of hydrogen-bond acceptors (Lipinski definition) is 4. The summed E-state index contributed by atoms with van der Waals surface area (Å²) in [5, 5.41) is 2.92. The first-order valence-corrected chi connectivity index (χ1v) is 7.69. The van der Waals surface area contributed by atoms with Gasteiger partial charge in [0, 0.05) is 24.7 Å². The van der Waals surface area contributed by atoms with E-state index in [1.165, 1.54) is 0 Å². The van der Waals surface area contributed by atoms with Gasteiger partial charge in [0.05, 0.1) is 20.3 Å². The van der Waals surface area contributed by atoms with Gasteiger partial charge in [-0.25, -0.2) is 4.79 Å². The van der Waals surface area contributed by atoms with Gasteiger partial charge in [0.1, 0.15) is 5.75 Å². The number of piperidine rings is 1. The molecule has 0 aliphatic carbocycles. The molecule has 2 aliphatic rings. The highest BCUT2D eigenvalue weighted by Crippen LogP contribution is 2.26. The minimum Gasteiger partial charge on any atom is -0.497 e. The molecule has 2 aliphatic heterocycles.